The summed E-state index contributed by atoms with van der Waals surface area (Å²) in [6, 6.07) is 0. The van der Waals surface area contributed by atoms with E-state index in [1.807, 2.05) is 12.2 Å². The number of unbranched alkanes of at least 4 members (excludes halogenated alkanes) is 1. The SMILES string of the molecule is C=CCC(C)(C)[C@]1(CCCC)OC(=O)O[C@@H]1C1=CCCCC1(C)C=C. The van der Waals surface area contributed by atoms with E-state index < -0.39 is 11.8 Å². The quantitative estimate of drug-likeness (QED) is 0.379. The van der Waals surface area contributed by atoms with Gasteiger partial charge in [0, 0.05) is 10.8 Å². The maximum atomic E-state index is 12.3. The molecule has 1 heterocycles. The summed E-state index contributed by atoms with van der Waals surface area (Å²) in [6.45, 7) is 16.7. The summed E-state index contributed by atoms with van der Waals surface area (Å²) in [4.78, 5) is 12.3. The molecule has 0 saturated carbocycles. The molecule has 0 bridgehead atoms. The third kappa shape index (κ3) is 3.43. The minimum atomic E-state index is -0.665. The molecule has 0 radical (unpaired) electrons. The number of allylic oxidation sites excluding steroid dienone is 3. The van der Waals surface area contributed by atoms with Crippen LogP contribution in [0.2, 0.25) is 0 Å². The highest BCUT2D eigenvalue weighted by Gasteiger charge is 2.61. The predicted octanol–water partition coefficient (Wildman–Crippen LogP) is 6.36. The van der Waals surface area contributed by atoms with Crippen molar-refractivity contribution in [2.75, 3.05) is 0 Å². The van der Waals surface area contributed by atoms with Gasteiger partial charge in [-0.1, -0.05) is 52.3 Å². The average Bonchev–Trinajstić information content (AvgIpc) is 2.91. The van der Waals surface area contributed by atoms with Gasteiger partial charge in [-0.2, -0.15) is 0 Å². The topological polar surface area (TPSA) is 35.5 Å². The minimum absolute atomic E-state index is 0.154. The van der Waals surface area contributed by atoms with E-state index in [4.69, 9.17) is 9.47 Å². The monoisotopic (exact) mass is 346 g/mol. The smallest absolute Gasteiger partial charge is 0.423 e. The Hall–Kier alpha value is -1.51. The van der Waals surface area contributed by atoms with Crippen molar-refractivity contribution in [3.05, 3.63) is 37.0 Å². The Bertz CT molecular complexity index is 560. The zero-order chi connectivity index (χ0) is 18.7. The fraction of sp³-hybridized carbons (Fsp3) is 0.682. The summed E-state index contributed by atoms with van der Waals surface area (Å²) in [5.74, 6) is 0. The highest BCUT2D eigenvalue weighted by atomic mass is 16.8. The zero-order valence-electron chi connectivity index (χ0n) is 16.4. The van der Waals surface area contributed by atoms with E-state index in [0.29, 0.717) is 0 Å². The van der Waals surface area contributed by atoms with Crippen molar-refractivity contribution in [3.63, 3.8) is 0 Å². The lowest BCUT2D eigenvalue weighted by Gasteiger charge is -2.47. The fourth-order valence-corrected chi connectivity index (χ4v) is 4.45. The Labute approximate surface area is 153 Å². The predicted molar refractivity (Wildman–Crippen MR) is 102 cm³/mol. The summed E-state index contributed by atoms with van der Waals surface area (Å²) in [5, 5.41) is 0. The van der Waals surface area contributed by atoms with Crippen LogP contribution in [-0.2, 0) is 9.47 Å². The molecule has 3 heteroatoms. The van der Waals surface area contributed by atoms with Crippen molar-refractivity contribution in [1.29, 1.82) is 0 Å². The molecular formula is C22H34O3. The van der Waals surface area contributed by atoms with Crippen LogP contribution in [0.3, 0.4) is 0 Å². The molecule has 0 aromatic carbocycles. The van der Waals surface area contributed by atoms with Crippen LogP contribution in [0.4, 0.5) is 4.79 Å². The third-order valence-corrected chi connectivity index (χ3v) is 6.26. The number of rotatable bonds is 8. The van der Waals surface area contributed by atoms with Crippen LogP contribution < -0.4 is 0 Å². The highest BCUT2D eigenvalue weighted by molar-refractivity contribution is 5.65. The molecule has 3 nitrogen and oxygen atoms in total. The van der Waals surface area contributed by atoms with Gasteiger partial charge in [-0.3, -0.25) is 0 Å². The summed E-state index contributed by atoms with van der Waals surface area (Å²) in [6.07, 6.45) is 12.1. The minimum Gasteiger partial charge on any atom is -0.423 e. The van der Waals surface area contributed by atoms with Crippen molar-refractivity contribution < 1.29 is 14.3 Å². The molecule has 2 rings (SSSR count). The van der Waals surface area contributed by atoms with Crippen LogP contribution in [0.25, 0.3) is 0 Å². The van der Waals surface area contributed by atoms with E-state index >= 15 is 0 Å². The van der Waals surface area contributed by atoms with Crippen molar-refractivity contribution in [2.45, 2.75) is 84.3 Å². The molecule has 1 unspecified atom stereocenters. The largest absolute Gasteiger partial charge is 0.509 e. The first-order chi connectivity index (χ1) is 11.8. The van der Waals surface area contributed by atoms with E-state index in [1.54, 1.807) is 0 Å². The van der Waals surface area contributed by atoms with Gasteiger partial charge in [0.15, 0.2) is 11.7 Å². The van der Waals surface area contributed by atoms with Crippen molar-refractivity contribution >= 4 is 6.16 Å². The molecule has 0 N–H and O–H groups in total. The molecule has 2 aliphatic rings. The highest BCUT2D eigenvalue weighted by Crippen LogP contribution is 2.54. The molecule has 0 spiro atoms. The van der Waals surface area contributed by atoms with Crippen molar-refractivity contribution in [2.24, 2.45) is 10.8 Å². The van der Waals surface area contributed by atoms with Gasteiger partial charge in [0.1, 0.15) is 0 Å². The lowest BCUT2D eigenvalue weighted by molar-refractivity contribution is -0.0723. The second kappa shape index (κ2) is 7.39. The maximum Gasteiger partial charge on any atom is 0.509 e. The molecule has 0 aromatic heterocycles. The third-order valence-electron chi connectivity index (χ3n) is 6.26. The number of ether oxygens (including phenoxy) is 2. The fourth-order valence-electron chi connectivity index (χ4n) is 4.45. The number of cyclic esters (lactones) is 2. The lowest BCUT2D eigenvalue weighted by Crippen LogP contribution is -2.54. The Morgan fingerprint density at radius 3 is 2.72 bits per heavy atom. The van der Waals surface area contributed by atoms with E-state index in [0.717, 1.165) is 50.5 Å². The summed E-state index contributed by atoms with van der Waals surface area (Å²) in [5.41, 5.74) is 0.0782. The maximum absolute atomic E-state index is 12.3. The van der Waals surface area contributed by atoms with E-state index in [2.05, 4.69) is 46.9 Å². The molecule has 1 aliphatic heterocycles. The molecule has 1 saturated heterocycles. The van der Waals surface area contributed by atoms with Gasteiger partial charge in [-0.05, 0) is 44.1 Å². The van der Waals surface area contributed by atoms with Crippen molar-refractivity contribution in [1.82, 2.24) is 0 Å². The van der Waals surface area contributed by atoms with E-state index in [-0.39, 0.29) is 16.9 Å². The number of carbonyl (C=O) groups excluding carboxylic acids is 1. The normalized spacial score (nSPS) is 32.6. The molecule has 140 valence electrons. The standard InChI is InChI=1S/C22H34O3/c1-7-10-16-22(20(4,5)14-8-2)18(24-19(23)25-22)17-13-11-12-15-21(17,6)9-3/h8-9,13,18H,2-3,7,10-12,14-16H2,1,4-6H3/t18-,21?,22-/m1/s1. The molecule has 1 fully saturated rings. The van der Waals surface area contributed by atoms with E-state index in [1.165, 1.54) is 0 Å². The van der Waals surface area contributed by atoms with Crippen molar-refractivity contribution in [3.8, 4) is 0 Å². The van der Waals surface area contributed by atoms with Crippen LogP contribution in [0.15, 0.2) is 37.0 Å². The van der Waals surface area contributed by atoms with Crippen LogP contribution >= 0.6 is 0 Å². The van der Waals surface area contributed by atoms with Gasteiger partial charge in [0.05, 0.1) is 0 Å². The summed E-state index contributed by atoms with van der Waals surface area (Å²) < 4.78 is 11.8. The average molecular weight is 347 g/mol. The first-order valence-corrected chi connectivity index (χ1v) is 9.61. The molecule has 3 atom stereocenters. The number of carbonyl (C=O) groups is 1. The molecular weight excluding hydrogens is 312 g/mol. The van der Waals surface area contributed by atoms with Crippen LogP contribution in [-0.4, -0.2) is 17.9 Å². The van der Waals surface area contributed by atoms with Gasteiger partial charge < -0.3 is 9.47 Å². The van der Waals surface area contributed by atoms with Gasteiger partial charge >= 0.3 is 6.16 Å². The van der Waals surface area contributed by atoms with Crippen LogP contribution in [0, 0.1) is 10.8 Å². The number of hydrogen-bond donors (Lipinski definition) is 0. The summed E-state index contributed by atoms with van der Waals surface area (Å²) in [7, 11) is 0. The second-order valence-electron chi connectivity index (χ2n) is 8.39. The molecule has 0 aromatic rings. The second-order valence-corrected chi connectivity index (χ2v) is 8.39. The molecule has 0 amide bonds. The molecule has 25 heavy (non-hydrogen) atoms. The first-order valence-electron chi connectivity index (χ1n) is 9.61. The van der Waals surface area contributed by atoms with Gasteiger partial charge in [-0.25, -0.2) is 4.79 Å². The summed E-state index contributed by atoms with van der Waals surface area (Å²) >= 11 is 0. The van der Waals surface area contributed by atoms with Gasteiger partial charge in [0.2, 0.25) is 0 Å². The molecule has 1 aliphatic carbocycles. The Morgan fingerprint density at radius 2 is 2.12 bits per heavy atom. The van der Waals surface area contributed by atoms with Gasteiger partial charge in [-0.15, -0.1) is 13.2 Å². The number of hydrogen-bond acceptors (Lipinski definition) is 3. The Kier molecular flexibility index (Phi) is 5.86. The Balaban J connectivity index is 2.55. The lowest BCUT2D eigenvalue weighted by atomic mass is 9.61. The van der Waals surface area contributed by atoms with E-state index in [9.17, 15) is 4.79 Å². The van der Waals surface area contributed by atoms with Crippen LogP contribution in [0.5, 0.6) is 0 Å². The first kappa shape index (κ1) is 19.8. The Morgan fingerprint density at radius 1 is 1.40 bits per heavy atom. The van der Waals surface area contributed by atoms with Gasteiger partial charge in [0.25, 0.3) is 0 Å². The van der Waals surface area contributed by atoms with Crippen LogP contribution in [0.1, 0.15) is 72.6 Å². The zero-order valence-corrected chi connectivity index (χ0v) is 16.4.